The minimum atomic E-state index is 0.193. The van der Waals surface area contributed by atoms with Crippen LogP contribution >= 0.6 is 0 Å². The van der Waals surface area contributed by atoms with Crippen LogP contribution in [-0.4, -0.2) is 24.8 Å². The summed E-state index contributed by atoms with van der Waals surface area (Å²) in [4.78, 5) is 0. The van der Waals surface area contributed by atoms with E-state index in [-0.39, 0.29) is 5.60 Å². The molecule has 0 amide bonds. The predicted octanol–water partition coefficient (Wildman–Crippen LogP) is 1.94. The lowest BCUT2D eigenvalue weighted by molar-refractivity contribution is -0.133. The highest BCUT2D eigenvalue weighted by Gasteiger charge is 2.44. The molecule has 0 aromatic carbocycles. The van der Waals surface area contributed by atoms with Crippen molar-refractivity contribution < 1.29 is 4.74 Å². The van der Waals surface area contributed by atoms with Crippen molar-refractivity contribution in [3.05, 3.63) is 0 Å². The molecule has 1 spiro atoms. The first-order valence-electron chi connectivity index (χ1n) is 5.65. The first-order valence-corrected chi connectivity index (χ1v) is 5.65. The highest BCUT2D eigenvalue weighted by molar-refractivity contribution is 4.97. The Hall–Kier alpha value is -0.0800. The Kier molecular flexibility index (Phi) is 2.61. The lowest BCUT2D eigenvalue weighted by Gasteiger charge is -2.42. The van der Waals surface area contributed by atoms with Crippen LogP contribution in [0, 0.1) is 5.92 Å². The van der Waals surface area contributed by atoms with Gasteiger partial charge in [0.2, 0.25) is 0 Å². The van der Waals surface area contributed by atoms with Crippen molar-refractivity contribution >= 4 is 0 Å². The van der Waals surface area contributed by atoms with Crippen LogP contribution in [0.15, 0.2) is 0 Å². The number of hydrogen-bond acceptors (Lipinski definition) is 2. The van der Waals surface area contributed by atoms with Crippen LogP contribution in [0.4, 0.5) is 0 Å². The fourth-order valence-electron chi connectivity index (χ4n) is 2.74. The second-order valence-electron chi connectivity index (χ2n) is 4.64. The summed E-state index contributed by atoms with van der Waals surface area (Å²) >= 11 is 0. The molecule has 2 aliphatic rings. The van der Waals surface area contributed by atoms with Gasteiger partial charge >= 0.3 is 0 Å². The summed E-state index contributed by atoms with van der Waals surface area (Å²) in [5.74, 6) is 0.745. The third-order valence-electron chi connectivity index (χ3n) is 3.79. The normalized spacial score (nSPS) is 45.7. The van der Waals surface area contributed by atoms with Crippen molar-refractivity contribution in [1.29, 1.82) is 0 Å². The van der Waals surface area contributed by atoms with E-state index < -0.39 is 0 Å². The molecule has 3 unspecified atom stereocenters. The Morgan fingerprint density at radius 1 is 1.54 bits per heavy atom. The van der Waals surface area contributed by atoms with E-state index in [9.17, 15) is 0 Å². The molecule has 1 aliphatic heterocycles. The van der Waals surface area contributed by atoms with Crippen LogP contribution in [0.5, 0.6) is 0 Å². The predicted molar refractivity (Wildman–Crippen MR) is 53.8 cm³/mol. The van der Waals surface area contributed by atoms with Crippen molar-refractivity contribution in [3.8, 4) is 0 Å². The van der Waals surface area contributed by atoms with Crippen LogP contribution in [0.2, 0.25) is 0 Å². The van der Waals surface area contributed by atoms with Gasteiger partial charge in [-0.1, -0.05) is 20.3 Å². The molecule has 3 atom stereocenters. The van der Waals surface area contributed by atoms with Gasteiger partial charge < -0.3 is 10.1 Å². The van der Waals surface area contributed by atoms with Gasteiger partial charge in [-0.05, 0) is 25.2 Å². The Morgan fingerprint density at radius 3 is 3.00 bits per heavy atom. The number of rotatable bonds is 1. The van der Waals surface area contributed by atoms with Gasteiger partial charge in [-0.15, -0.1) is 0 Å². The molecule has 1 N–H and O–H groups in total. The van der Waals surface area contributed by atoms with E-state index in [1.165, 1.54) is 19.3 Å². The van der Waals surface area contributed by atoms with Crippen LogP contribution in [0.1, 0.15) is 39.5 Å². The number of hydrogen-bond donors (Lipinski definition) is 1. The minimum Gasteiger partial charge on any atom is -0.369 e. The van der Waals surface area contributed by atoms with Gasteiger partial charge in [0.05, 0.1) is 11.7 Å². The maximum absolute atomic E-state index is 6.23. The summed E-state index contributed by atoms with van der Waals surface area (Å²) in [6, 6.07) is 0. The van der Waals surface area contributed by atoms with E-state index in [1.807, 2.05) is 0 Å². The zero-order valence-corrected chi connectivity index (χ0v) is 8.81. The van der Waals surface area contributed by atoms with Gasteiger partial charge in [-0.2, -0.15) is 0 Å². The van der Waals surface area contributed by atoms with E-state index in [1.54, 1.807) is 0 Å². The molecule has 0 aromatic heterocycles. The van der Waals surface area contributed by atoms with E-state index in [4.69, 9.17) is 4.74 Å². The minimum absolute atomic E-state index is 0.193. The fourth-order valence-corrected chi connectivity index (χ4v) is 2.74. The third-order valence-corrected chi connectivity index (χ3v) is 3.79. The maximum atomic E-state index is 6.23. The molecule has 0 radical (unpaired) electrons. The first-order chi connectivity index (χ1) is 6.27. The molecule has 2 nitrogen and oxygen atoms in total. The summed E-state index contributed by atoms with van der Waals surface area (Å²) in [6.45, 7) is 6.67. The van der Waals surface area contributed by atoms with Crippen LogP contribution in [0.25, 0.3) is 0 Å². The molecule has 0 aromatic rings. The van der Waals surface area contributed by atoms with Crippen molar-refractivity contribution in [2.24, 2.45) is 5.92 Å². The van der Waals surface area contributed by atoms with Crippen molar-refractivity contribution in [2.75, 3.05) is 13.1 Å². The number of nitrogens with one attached hydrogen (secondary N) is 1. The standard InChI is InChI=1S/C11H21NO/c1-3-10-7-12-8-11(13-10)6-4-5-9(11)2/h9-10,12H,3-8H2,1-2H3. The van der Waals surface area contributed by atoms with Gasteiger partial charge in [0.15, 0.2) is 0 Å². The maximum Gasteiger partial charge on any atom is 0.0836 e. The molecule has 2 fully saturated rings. The molecule has 1 aliphatic carbocycles. The summed E-state index contributed by atoms with van der Waals surface area (Å²) in [5, 5.41) is 3.52. The fraction of sp³-hybridized carbons (Fsp3) is 1.00. The Balaban J connectivity index is 2.04. The quantitative estimate of drug-likeness (QED) is 0.671. The number of morpholine rings is 1. The molecular formula is C11H21NO. The lowest BCUT2D eigenvalue weighted by Crippen LogP contribution is -2.55. The Morgan fingerprint density at radius 2 is 2.38 bits per heavy atom. The zero-order chi connectivity index (χ0) is 9.31. The third kappa shape index (κ3) is 1.62. The summed E-state index contributed by atoms with van der Waals surface area (Å²) in [5.41, 5.74) is 0.193. The average molecular weight is 183 g/mol. The van der Waals surface area contributed by atoms with Gasteiger partial charge in [-0.25, -0.2) is 0 Å². The second-order valence-corrected chi connectivity index (χ2v) is 4.64. The van der Waals surface area contributed by atoms with E-state index >= 15 is 0 Å². The van der Waals surface area contributed by atoms with Gasteiger partial charge in [0, 0.05) is 13.1 Å². The first kappa shape index (κ1) is 9.47. The monoisotopic (exact) mass is 183 g/mol. The molecular weight excluding hydrogens is 162 g/mol. The molecule has 13 heavy (non-hydrogen) atoms. The molecule has 1 saturated heterocycles. The largest absolute Gasteiger partial charge is 0.369 e. The van der Waals surface area contributed by atoms with Gasteiger partial charge in [0.25, 0.3) is 0 Å². The Labute approximate surface area is 81.0 Å². The van der Waals surface area contributed by atoms with Gasteiger partial charge in [0.1, 0.15) is 0 Å². The van der Waals surface area contributed by atoms with E-state index in [0.717, 1.165) is 25.4 Å². The Bertz CT molecular complexity index is 183. The SMILES string of the molecule is CCC1CNCC2(CCCC2C)O1. The van der Waals surface area contributed by atoms with Crippen LogP contribution in [0.3, 0.4) is 0 Å². The molecule has 76 valence electrons. The molecule has 0 bridgehead atoms. The number of ether oxygens (including phenoxy) is 1. The molecule has 2 rings (SSSR count). The topological polar surface area (TPSA) is 21.3 Å². The van der Waals surface area contributed by atoms with Crippen molar-refractivity contribution in [1.82, 2.24) is 5.32 Å². The van der Waals surface area contributed by atoms with Gasteiger partial charge in [-0.3, -0.25) is 0 Å². The lowest BCUT2D eigenvalue weighted by atomic mass is 9.90. The molecule has 1 saturated carbocycles. The molecule has 1 heterocycles. The van der Waals surface area contributed by atoms with Crippen LogP contribution in [-0.2, 0) is 4.74 Å². The van der Waals surface area contributed by atoms with Crippen molar-refractivity contribution in [3.63, 3.8) is 0 Å². The highest BCUT2D eigenvalue weighted by atomic mass is 16.5. The zero-order valence-electron chi connectivity index (χ0n) is 8.81. The highest BCUT2D eigenvalue weighted by Crippen LogP contribution is 2.40. The summed E-state index contributed by atoms with van der Waals surface area (Å²) in [7, 11) is 0. The smallest absolute Gasteiger partial charge is 0.0836 e. The van der Waals surface area contributed by atoms with E-state index in [0.29, 0.717) is 6.10 Å². The summed E-state index contributed by atoms with van der Waals surface area (Å²) in [6.07, 6.45) is 5.55. The van der Waals surface area contributed by atoms with Crippen LogP contribution < -0.4 is 5.32 Å². The molecule has 2 heteroatoms. The van der Waals surface area contributed by atoms with E-state index in [2.05, 4.69) is 19.2 Å². The second kappa shape index (κ2) is 3.58. The summed E-state index contributed by atoms with van der Waals surface area (Å²) < 4.78 is 6.23. The average Bonchev–Trinajstić information content (AvgIpc) is 2.48. The van der Waals surface area contributed by atoms with Crippen molar-refractivity contribution in [2.45, 2.75) is 51.2 Å².